The Morgan fingerprint density at radius 1 is 1.44 bits per heavy atom. The number of fused-ring (bicyclic) bond motifs is 1. The van der Waals surface area contributed by atoms with Crippen molar-refractivity contribution in [2.75, 3.05) is 0 Å². The molecule has 2 aromatic heterocycles. The minimum absolute atomic E-state index is 0.452. The lowest BCUT2D eigenvalue weighted by atomic mass is 10.0. The molecule has 0 aromatic carbocycles. The summed E-state index contributed by atoms with van der Waals surface area (Å²) < 4.78 is 1.56. The van der Waals surface area contributed by atoms with Crippen LogP contribution >= 0.6 is 23.2 Å². The number of nitrogens with zero attached hydrogens (tertiary/aromatic N) is 3. The summed E-state index contributed by atoms with van der Waals surface area (Å²) in [4.78, 5) is 4.54. The molecule has 1 aliphatic carbocycles. The van der Waals surface area contributed by atoms with Crippen LogP contribution in [0.3, 0.4) is 0 Å². The average molecular weight is 256 g/mol. The molecule has 3 nitrogen and oxygen atoms in total. The summed E-state index contributed by atoms with van der Waals surface area (Å²) in [7, 11) is 0. The SMILES string of the molecule is CC(c1cc(Cl)n2ncc(Cl)c2n1)C1CC1. The second kappa shape index (κ2) is 3.60. The molecular formula is C11H11Cl2N3. The predicted octanol–water partition coefficient (Wildman–Crippen LogP) is 3.55. The van der Waals surface area contributed by atoms with Crippen LogP contribution in [0.5, 0.6) is 0 Å². The second-order valence-corrected chi connectivity index (χ2v) is 5.15. The zero-order valence-corrected chi connectivity index (χ0v) is 10.3. The highest BCUT2D eigenvalue weighted by Gasteiger charge is 2.30. The van der Waals surface area contributed by atoms with Crippen molar-refractivity contribution in [1.82, 2.24) is 14.6 Å². The van der Waals surface area contributed by atoms with Crippen LogP contribution in [0.2, 0.25) is 10.2 Å². The van der Waals surface area contributed by atoms with Gasteiger partial charge in [-0.05, 0) is 24.8 Å². The molecule has 84 valence electrons. The third-order valence-corrected chi connectivity index (χ3v) is 3.74. The average Bonchev–Trinajstić information content (AvgIpc) is 3.04. The first-order valence-electron chi connectivity index (χ1n) is 5.36. The summed E-state index contributed by atoms with van der Waals surface area (Å²) in [6, 6.07) is 1.89. The number of halogens is 2. The first-order chi connectivity index (χ1) is 7.66. The maximum atomic E-state index is 6.15. The zero-order valence-electron chi connectivity index (χ0n) is 8.82. The quantitative estimate of drug-likeness (QED) is 0.769. The summed E-state index contributed by atoms with van der Waals surface area (Å²) >= 11 is 12.2. The molecule has 1 atom stereocenters. The summed E-state index contributed by atoms with van der Waals surface area (Å²) in [5.74, 6) is 1.21. The van der Waals surface area contributed by atoms with Gasteiger partial charge in [0.15, 0.2) is 5.65 Å². The van der Waals surface area contributed by atoms with Gasteiger partial charge in [-0.25, -0.2) is 9.50 Å². The first-order valence-corrected chi connectivity index (χ1v) is 6.12. The Hall–Kier alpha value is -0.800. The van der Waals surface area contributed by atoms with E-state index in [2.05, 4.69) is 17.0 Å². The minimum Gasteiger partial charge on any atom is -0.232 e. The van der Waals surface area contributed by atoms with Crippen molar-refractivity contribution in [2.45, 2.75) is 25.7 Å². The number of rotatable bonds is 2. The van der Waals surface area contributed by atoms with E-state index in [-0.39, 0.29) is 0 Å². The van der Waals surface area contributed by atoms with Gasteiger partial charge < -0.3 is 0 Å². The fraction of sp³-hybridized carbons (Fsp3) is 0.455. The van der Waals surface area contributed by atoms with Crippen LogP contribution in [-0.2, 0) is 0 Å². The number of hydrogen-bond acceptors (Lipinski definition) is 2. The van der Waals surface area contributed by atoms with Gasteiger partial charge >= 0.3 is 0 Å². The molecule has 1 saturated carbocycles. The van der Waals surface area contributed by atoms with Crippen LogP contribution in [0.1, 0.15) is 31.4 Å². The Kier molecular flexibility index (Phi) is 2.33. The monoisotopic (exact) mass is 255 g/mol. The van der Waals surface area contributed by atoms with Crippen molar-refractivity contribution in [3.8, 4) is 0 Å². The van der Waals surface area contributed by atoms with E-state index in [0.29, 0.717) is 21.7 Å². The largest absolute Gasteiger partial charge is 0.232 e. The van der Waals surface area contributed by atoms with Crippen molar-refractivity contribution in [1.29, 1.82) is 0 Å². The highest BCUT2D eigenvalue weighted by atomic mass is 35.5. The van der Waals surface area contributed by atoms with E-state index in [0.717, 1.165) is 11.6 Å². The fourth-order valence-corrected chi connectivity index (χ4v) is 2.39. The maximum Gasteiger partial charge on any atom is 0.175 e. The topological polar surface area (TPSA) is 30.2 Å². The molecule has 0 radical (unpaired) electrons. The van der Waals surface area contributed by atoms with E-state index in [1.165, 1.54) is 12.8 Å². The van der Waals surface area contributed by atoms with Crippen LogP contribution < -0.4 is 0 Å². The standard InChI is InChI=1S/C11H11Cl2N3/c1-6(7-2-3-7)9-4-10(13)16-11(15-9)8(12)5-14-16/h4-7H,2-3H2,1H3. The Morgan fingerprint density at radius 3 is 2.88 bits per heavy atom. The van der Waals surface area contributed by atoms with Gasteiger partial charge in [-0.15, -0.1) is 0 Å². The molecule has 0 N–H and O–H groups in total. The Balaban J connectivity index is 2.15. The van der Waals surface area contributed by atoms with E-state index < -0.39 is 0 Å². The van der Waals surface area contributed by atoms with Gasteiger partial charge in [0.2, 0.25) is 0 Å². The molecule has 1 fully saturated rings. The van der Waals surface area contributed by atoms with E-state index in [4.69, 9.17) is 23.2 Å². The van der Waals surface area contributed by atoms with Gasteiger partial charge in [0.25, 0.3) is 0 Å². The van der Waals surface area contributed by atoms with Gasteiger partial charge in [-0.2, -0.15) is 5.10 Å². The van der Waals surface area contributed by atoms with E-state index in [1.54, 1.807) is 10.7 Å². The highest BCUT2D eigenvalue weighted by molar-refractivity contribution is 6.34. The van der Waals surface area contributed by atoms with Gasteiger partial charge in [-0.3, -0.25) is 0 Å². The molecule has 3 rings (SSSR count). The van der Waals surface area contributed by atoms with E-state index >= 15 is 0 Å². The van der Waals surface area contributed by atoms with Crippen molar-refractivity contribution in [3.05, 3.63) is 28.1 Å². The predicted molar refractivity (Wildman–Crippen MR) is 64.1 cm³/mol. The lowest BCUT2D eigenvalue weighted by Crippen LogP contribution is -2.02. The van der Waals surface area contributed by atoms with Gasteiger partial charge in [-0.1, -0.05) is 30.1 Å². The summed E-state index contributed by atoms with van der Waals surface area (Å²) in [6.45, 7) is 2.19. The van der Waals surface area contributed by atoms with Gasteiger partial charge in [0.1, 0.15) is 10.2 Å². The molecule has 2 aromatic rings. The second-order valence-electron chi connectivity index (χ2n) is 4.36. The van der Waals surface area contributed by atoms with Crippen LogP contribution in [-0.4, -0.2) is 14.6 Å². The molecule has 16 heavy (non-hydrogen) atoms. The molecular weight excluding hydrogens is 245 g/mol. The maximum absolute atomic E-state index is 6.15. The molecule has 2 heterocycles. The third kappa shape index (κ3) is 1.59. The lowest BCUT2D eigenvalue weighted by Gasteiger charge is -2.10. The van der Waals surface area contributed by atoms with Crippen molar-refractivity contribution in [2.24, 2.45) is 5.92 Å². The van der Waals surface area contributed by atoms with Crippen LogP contribution in [0.25, 0.3) is 5.65 Å². The molecule has 5 heteroatoms. The van der Waals surface area contributed by atoms with Crippen molar-refractivity contribution < 1.29 is 0 Å². The van der Waals surface area contributed by atoms with Gasteiger partial charge in [0, 0.05) is 11.6 Å². The van der Waals surface area contributed by atoms with Crippen LogP contribution in [0, 0.1) is 5.92 Å². The normalized spacial score (nSPS) is 17.9. The third-order valence-electron chi connectivity index (χ3n) is 3.20. The summed E-state index contributed by atoms with van der Waals surface area (Å²) in [5.41, 5.74) is 1.67. The summed E-state index contributed by atoms with van der Waals surface area (Å²) in [5, 5.41) is 5.19. The van der Waals surface area contributed by atoms with Crippen LogP contribution in [0.15, 0.2) is 12.3 Å². The highest BCUT2D eigenvalue weighted by Crippen LogP contribution is 2.42. The summed E-state index contributed by atoms with van der Waals surface area (Å²) in [6.07, 6.45) is 4.15. The molecule has 0 saturated heterocycles. The van der Waals surface area contributed by atoms with Crippen molar-refractivity contribution >= 4 is 28.8 Å². The Morgan fingerprint density at radius 2 is 2.19 bits per heavy atom. The van der Waals surface area contributed by atoms with Crippen molar-refractivity contribution in [3.63, 3.8) is 0 Å². The smallest absolute Gasteiger partial charge is 0.175 e. The minimum atomic E-state index is 0.452. The van der Waals surface area contributed by atoms with E-state index in [9.17, 15) is 0 Å². The Bertz CT molecular complexity index is 545. The first kappa shape index (κ1) is 10.4. The number of aromatic nitrogens is 3. The molecule has 0 bridgehead atoms. The molecule has 1 unspecified atom stereocenters. The molecule has 0 spiro atoms. The van der Waals surface area contributed by atoms with E-state index in [1.807, 2.05) is 6.07 Å². The number of hydrogen-bond donors (Lipinski definition) is 0. The molecule has 0 amide bonds. The zero-order chi connectivity index (χ0) is 11.3. The fourth-order valence-electron chi connectivity index (χ4n) is 1.99. The van der Waals surface area contributed by atoms with Crippen LogP contribution in [0.4, 0.5) is 0 Å². The van der Waals surface area contributed by atoms with Gasteiger partial charge in [0.05, 0.1) is 6.20 Å². The Labute approximate surface area is 103 Å². The lowest BCUT2D eigenvalue weighted by molar-refractivity contribution is 0.642. The molecule has 0 aliphatic heterocycles. The molecule has 1 aliphatic rings.